The van der Waals surface area contributed by atoms with Gasteiger partial charge >= 0.3 is 0 Å². The third-order valence-corrected chi connectivity index (χ3v) is 2.91. The molecule has 0 aliphatic carbocycles. The van der Waals surface area contributed by atoms with Crippen LogP contribution in [0, 0.1) is 11.6 Å². The third-order valence-electron chi connectivity index (χ3n) is 2.91. The predicted molar refractivity (Wildman–Crippen MR) is 79.7 cm³/mol. The van der Waals surface area contributed by atoms with Gasteiger partial charge in [-0.2, -0.15) is 0 Å². The molecule has 0 radical (unpaired) electrons. The van der Waals surface area contributed by atoms with E-state index in [0.29, 0.717) is 0 Å². The van der Waals surface area contributed by atoms with Gasteiger partial charge < -0.3 is 5.73 Å². The Morgan fingerprint density at radius 2 is 1.30 bits per heavy atom. The lowest BCUT2D eigenvalue weighted by Crippen LogP contribution is -2.00. The summed E-state index contributed by atoms with van der Waals surface area (Å²) in [6.45, 7) is 4.67. The van der Waals surface area contributed by atoms with Gasteiger partial charge in [-0.25, -0.2) is 8.78 Å². The van der Waals surface area contributed by atoms with Crippen molar-refractivity contribution < 1.29 is 8.78 Å². The van der Waals surface area contributed by atoms with E-state index < -0.39 is 0 Å². The zero-order chi connectivity index (χ0) is 15.0. The Kier molecular flexibility index (Phi) is 6.88. The molecule has 0 aromatic heterocycles. The van der Waals surface area contributed by atoms with E-state index in [0.717, 1.165) is 24.1 Å². The van der Waals surface area contributed by atoms with Crippen molar-refractivity contribution in [3.05, 3.63) is 71.3 Å². The molecule has 0 unspecified atom stereocenters. The third kappa shape index (κ3) is 4.74. The quantitative estimate of drug-likeness (QED) is 0.880. The van der Waals surface area contributed by atoms with Crippen LogP contribution >= 0.6 is 0 Å². The number of hydrogen-bond acceptors (Lipinski definition) is 1. The molecule has 108 valence electrons. The smallest absolute Gasteiger partial charge is 0.123 e. The average molecular weight is 277 g/mol. The van der Waals surface area contributed by atoms with Crippen LogP contribution in [-0.2, 0) is 0 Å². The van der Waals surface area contributed by atoms with Crippen LogP contribution in [0.15, 0.2) is 48.5 Å². The van der Waals surface area contributed by atoms with Crippen LogP contribution in [-0.4, -0.2) is 6.54 Å². The molecule has 0 aliphatic rings. The summed E-state index contributed by atoms with van der Waals surface area (Å²) in [6.07, 6.45) is 0.812. The fourth-order valence-corrected chi connectivity index (χ4v) is 2.11. The maximum Gasteiger partial charge on any atom is 0.123 e. The highest BCUT2D eigenvalue weighted by Crippen LogP contribution is 2.28. The van der Waals surface area contributed by atoms with Gasteiger partial charge in [-0.05, 0) is 48.4 Å². The predicted octanol–water partition coefficient (Wildman–Crippen LogP) is 4.47. The molecule has 2 aromatic rings. The van der Waals surface area contributed by atoms with Gasteiger partial charge in [0.2, 0.25) is 0 Å². The van der Waals surface area contributed by atoms with E-state index in [4.69, 9.17) is 5.73 Å². The summed E-state index contributed by atoms with van der Waals surface area (Å²) in [5.74, 6) is -0.462. The molecule has 0 fully saturated rings. The molecule has 2 N–H and O–H groups in total. The molecular weight excluding hydrogens is 256 g/mol. The van der Waals surface area contributed by atoms with E-state index in [1.165, 1.54) is 24.3 Å². The normalized spacial score (nSPS) is 10.1. The Bertz CT molecular complexity index is 480. The molecule has 2 aromatic carbocycles. The highest BCUT2D eigenvalue weighted by atomic mass is 19.1. The summed E-state index contributed by atoms with van der Waals surface area (Å²) >= 11 is 0. The van der Waals surface area contributed by atoms with Crippen LogP contribution in [0.25, 0.3) is 0 Å². The SMILES string of the molecule is CCC(c1cccc(F)c1)c1cccc(F)c1.CCN. The molecule has 0 amide bonds. The van der Waals surface area contributed by atoms with Gasteiger partial charge in [0.1, 0.15) is 11.6 Å². The molecule has 0 atom stereocenters. The first-order chi connectivity index (χ1) is 9.62. The van der Waals surface area contributed by atoms with Gasteiger partial charge in [-0.3, -0.25) is 0 Å². The number of benzene rings is 2. The summed E-state index contributed by atoms with van der Waals surface area (Å²) in [6, 6.07) is 13.0. The lowest BCUT2D eigenvalue weighted by atomic mass is 9.89. The molecule has 1 nitrogen and oxygen atoms in total. The molecule has 0 aliphatic heterocycles. The highest BCUT2D eigenvalue weighted by Gasteiger charge is 2.13. The minimum absolute atomic E-state index is 0.0430. The van der Waals surface area contributed by atoms with Crippen molar-refractivity contribution in [2.45, 2.75) is 26.2 Å². The van der Waals surface area contributed by atoms with Gasteiger partial charge in [-0.1, -0.05) is 38.1 Å². The molecular formula is C17H21F2N. The second-order valence-electron chi connectivity index (χ2n) is 4.48. The second-order valence-corrected chi connectivity index (χ2v) is 4.48. The fourth-order valence-electron chi connectivity index (χ4n) is 2.11. The van der Waals surface area contributed by atoms with Crippen molar-refractivity contribution in [2.75, 3.05) is 6.54 Å². The van der Waals surface area contributed by atoms with Crippen molar-refractivity contribution in [3.63, 3.8) is 0 Å². The topological polar surface area (TPSA) is 26.0 Å². The lowest BCUT2D eigenvalue weighted by Gasteiger charge is -2.16. The summed E-state index contributed by atoms with van der Waals surface area (Å²) in [5, 5.41) is 0. The van der Waals surface area contributed by atoms with Crippen LogP contribution < -0.4 is 5.73 Å². The molecule has 0 bridgehead atoms. The van der Waals surface area contributed by atoms with Crippen LogP contribution in [0.5, 0.6) is 0 Å². The van der Waals surface area contributed by atoms with Gasteiger partial charge in [0.25, 0.3) is 0 Å². The zero-order valence-corrected chi connectivity index (χ0v) is 11.9. The minimum Gasteiger partial charge on any atom is -0.331 e. The maximum absolute atomic E-state index is 13.2. The molecule has 0 saturated carbocycles. The van der Waals surface area contributed by atoms with Crippen LogP contribution in [0.2, 0.25) is 0 Å². The van der Waals surface area contributed by atoms with Crippen LogP contribution in [0.1, 0.15) is 37.3 Å². The van der Waals surface area contributed by atoms with Crippen LogP contribution in [0.3, 0.4) is 0 Å². The summed E-state index contributed by atoms with van der Waals surface area (Å²) in [5.41, 5.74) is 6.62. The van der Waals surface area contributed by atoms with E-state index in [1.54, 1.807) is 12.1 Å². The van der Waals surface area contributed by atoms with Crippen molar-refractivity contribution >= 4 is 0 Å². The average Bonchev–Trinajstić information content (AvgIpc) is 2.41. The Balaban J connectivity index is 0.000000612. The minimum atomic E-state index is -0.252. The molecule has 0 spiro atoms. The number of nitrogens with two attached hydrogens (primary N) is 1. The fraction of sp³-hybridized carbons (Fsp3) is 0.294. The second kappa shape index (κ2) is 8.43. The van der Waals surface area contributed by atoms with E-state index in [2.05, 4.69) is 0 Å². The Labute approximate surface area is 119 Å². The number of rotatable bonds is 3. The Hall–Kier alpha value is -1.74. The summed E-state index contributed by atoms with van der Waals surface area (Å²) in [7, 11) is 0. The first kappa shape index (κ1) is 16.3. The van der Waals surface area contributed by atoms with Crippen molar-refractivity contribution in [1.82, 2.24) is 0 Å². The van der Waals surface area contributed by atoms with Gasteiger partial charge in [0, 0.05) is 5.92 Å². The van der Waals surface area contributed by atoms with E-state index in [1.807, 2.05) is 26.0 Å². The van der Waals surface area contributed by atoms with E-state index >= 15 is 0 Å². The van der Waals surface area contributed by atoms with E-state index in [9.17, 15) is 8.78 Å². The van der Waals surface area contributed by atoms with Gasteiger partial charge in [-0.15, -0.1) is 0 Å². The zero-order valence-electron chi connectivity index (χ0n) is 11.9. The van der Waals surface area contributed by atoms with Crippen molar-refractivity contribution in [2.24, 2.45) is 5.73 Å². The summed E-state index contributed by atoms with van der Waals surface area (Å²) < 4.78 is 26.4. The van der Waals surface area contributed by atoms with Crippen LogP contribution in [0.4, 0.5) is 8.78 Å². The molecule has 2 rings (SSSR count). The number of halogens is 2. The molecule has 3 heteroatoms. The number of hydrogen-bond donors (Lipinski definition) is 1. The highest BCUT2D eigenvalue weighted by molar-refractivity contribution is 5.32. The Morgan fingerprint density at radius 1 is 0.900 bits per heavy atom. The lowest BCUT2D eigenvalue weighted by molar-refractivity contribution is 0.617. The first-order valence-electron chi connectivity index (χ1n) is 6.83. The maximum atomic E-state index is 13.2. The van der Waals surface area contributed by atoms with E-state index in [-0.39, 0.29) is 17.6 Å². The largest absolute Gasteiger partial charge is 0.331 e. The first-order valence-corrected chi connectivity index (χ1v) is 6.83. The van der Waals surface area contributed by atoms with Gasteiger partial charge in [0.15, 0.2) is 0 Å². The Morgan fingerprint density at radius 3 is 1.60 bits per heavy atom. The van der Waals surface area contributed by atoms with Gasteiger partial charge in [0.05, 0.1) is 0 Å². The molecule has 0 heterocycles. The summed E-state index contributed by atoms with van der Waals surface area (Å²) in [4.78, 5) is 0. The monoisotopic (exact) mass is 277 g/mol. The molecule has 20 heavy (non-hydrogen) atoms. The molecule has 0 saturated heterocycles. The van der Waals surface area contributed by atoms with Crippen molar-refractivity contribution in [3.8, 4) is 0 Å². The standard InChI is InChI=1S/C15H14F2.C2H7N/c1-2-15(11-5-3-7-13(16)9-11)12-6-4-8-14(17)10-12;1-2-3/h3-10,15H,2H2,1H3;2-3H2,1H3. The van der Waals surface area contributed by atoms with Crippen molar-refractivity contribution in [1.29, 1.82) is 0 Å².